The molecule has 4 aromatic rings. The molecule has 1 aliphatic rings. The first-order valence-electron chi connectivity index (χ1n) is 10.4. The Morgan fingerprint density at radius 3 is 2.81 bits per heavy atom. The van der Waals surface area contributed by atoms with Gasteiger partial charge in [-0.2, -0.15) is 0 Å². The summed E-state index contributed by atoms with van der Waals surface area (Å²) in [4.78, 5) is 19.0. The van der Waals surface area contributed by atoms with Crippen LogP contribution in [0.2, 0.25) is 5.02 Å². The maximum Gasteiger partial charge on any atom is 0.322 e. The molecule has 162 valence electrons. The molecular formula is C23H21ClN6O2. The van der Waals surface area contributed by atoms with Crippen molar-refractivity contribution in [2.45, 2.75) is 19.3 Å². The molecule has 3 aromatic heterocycles. The number of benzene rings is 1. The van der Waals surface area contributed by atoms with Crippen molar-refractivity contribution in [2.24, 2.45) is 0 Å². The third-order valence-electron chi connectivity index (χ3n) is 5.52. The van der Waals surface area contributed by atoms with E-state index in [4.69, 9.17) is 16.0 Å². The first-order valence-corrected chi connectivity index (χ1v) is 10.8. The number of anilines is 1. The van der Waals surface area contributed by atoms with Gasteiger partial charge in [-0.05, 0) is 48.4 Å². The maximum absolute atomic E-state index is 12.6. The minimum Gasteiger partial charge on any atom is -0.469 e. The fraction of sp³-hybridized carbons (Fsp3) is 0.217. The minimum absolute atomic E-state index is 0.137. The molecule has 8 nitrogen and oxygen atoms in total. The summed E-state index contributed by atoms with van der Waals surface area (Å²) in [6.45, 7) is 1.11. The highest BCUT2D eigenvalue weighted by Gasteiger charge is 2.21. The lowest BCUT2D eigenvalue weighted by Crippen LogP contribution is -2.37. The second-order valence-corrected chi connectivity index (χ2v) is 7.99. The van der Waals surface area contributed by atoms with Gasteiger partial charge in [-0.15, -0.1) is 10.2 Å². The molecule has 2 amide bonds. The van der Waals surface area contributed by atoms with E-state index < -0.39 is 0 Å². The lowest BCUT2D eigenvalue weighted by Gasteiger charge is -2.27. The second kappa shape index (κ2) is 8.84. The number of hydrogen-bond donors (Lipinski definition) is 1. The van der Waals surface area contributed by atoms with Gasteiger partial charge < -0.3 is 14.6 Å². The van der Waals surface area contributed by atoms with E-state index in [1.165, 1.54) is 0 Å². The van der Waals surface area contributed by atoms with Gasteiger partial charge in [0.15, 0.2) is 5.65 Å². The second-order valence-electron chi connectivity index (χ2n) is 7.55. The summed E-state index contributed by atoms with van der Waals surface area (Å²) in [6.07, 6.45) is 9.47. The van der Waals surface area contributed by atoms with E-state index in [0.717, 1.165) is 41.2 Å². The highest BCUT2D eigenvalue weighted by Crippen LogP contribution is 2.26. The van der Waals surface area contributed by atoms with Crippen molar-refractivity contribution in [3.8, 4) is 0 Å². The highest BCUT2D eigenvalue weighted by molar-refractivity contribution is 6.30. The van der Waals surface area contributed by atoms with Gasteiger partial charge in [0.2, 0.25) is 0 Å². The predicted molar refractivity (Wildman–Crippen MR) is 122 cm³/mol. The first-order chi connectivity index (χ1) is 15.7. The molecule has 0 fully saturated rings. The fourth-order valence-corrected chi connectivity index (χ4v) is 3.93. The van der Waals surface area contributed by atoms with E-state index in [0.29, 0.717) is 30.2 Å². The zero-order chi connectivity index (χ0) is 21.9. The number of amides is 2. The Kier molecular flexibility index (Phi) is 5.60. The van der Waals surface area contributed by atoms with Crippen molar-refractivity contribution in [1.82, 2.24) is 24.5 Å². The molecular weight excluding hydrogens is 428 g/mol. The van der Waals surface area contributed by atoms with Crippen LogP contribution in [-0.2, 0) is 12.8 Å². The maximum atomic E-state index is 12.6. The molecule has 9 heteroatoms. The van der Waals surface area contributed by atoms with Crippen LogP contribution in [0.5, 0.6) is 0 Å². The largest absolute Gasteiger partial charge is 0.469 e. The summed E-state index contributed by atoms with van der Waals surface area (Å²) in [5.41, 5.74) is 3.55. The van der Waals surface area contributed by atoms with Crippen LogP contribution in [0.1, 0.15) is 23.6 Å². The van der Waals surface area contributed by atoms with E-state index in [9.17, 15) is 4.79 Å². The Bertz CT molecular complexity index is 1260. The molecule has 4 heterocycles. The lowest BCUT2D eigenvalue weighted by atomic mass is 10.0. The molecule has 1 N–H and O–H groups in total. The molecule has 0 spiro atoms. The van der Waals surface area contributed by atoms with Crippen LogP contribution in [0.15, 0.2) is 65.7 Å². The van der Waals surface area contributed by atoms with Gasteiger partial charge in [-0.3, -0.25) is 4.40 Å². The molecule has 0 unspecified atom stereocenters. The van der Waals surface area contributed by atoms with E-state index in [-0.39, 0.29) is 6.03 Å². The van der Waals surface area contributed by atoms with Gasteiger partial charge in [0.25, 0.3) is 0 Å². The summed E-state index contributed by atoms with van der Waals surface area (Å²) in [5.74, 6) is 1.80. The third-order valence-corrected chi connectivity index (χ3v) is 5.77. The van der Waals surface area contributed by atoms with Gasteiger partial charge in [-0.25, -0.2) is 9.78 Å². The van der Waals surface area contributed by atoms with E-state index in [2.05, 4.69) is 26.6 Å². The average Bonchev–Trinajstić information content (AvgIpc) is 3.51. The third kappa shape index (κ3) is 4.22. The summed E-state index contributed by atoms with van der Waals surface area (Å²) < 4.78 is 7.35. The Labute approximate surface area is 189 Å². The van der Waals surface area contributed by atoms with Crippen molar-refractivity contribution in [2.75, 3.05) is 18.4 Å². The molecule has 0 saturated carbocycles. The molecule has 32 heavy (non-hydrogen) atoms. The number of fused-ring (bicyclic) bond motifs is 1. The number of aromatic nitrogens is 4. The van der Waals surface area contributed by atoms with Crippen LogP contribution in [0.4, 0.5) is 10.5 Å². The summed E-state index contributed by atoms with van der Waals surface area (Å²) in [5, 5.41) is 12.0. The number of nitrogens with one attached hydrogen (secondary N) is 1. The number of nitrogens with zero attached hydrogens (tertiary/aromatic N) is 5. The van der Waals surface area contributed by atoms with Crippen LogP contribution in [0, 0.1) is 0 Å². The Hall–Kier alpha value is -3.65. The SMILES string of the molecule is O=C(Nc1ccc(Cl)cc1)N1CC=C(c2cnc(CCc3ccco3)n3cnnc23)CC1. The van der Waals surface area contributed by atoms with Crippen molar-refractivity contribution in [3.05, 3.63) is 83.4 Å². The van der Waals surface area contributed by atoms with Crippen molar-refractivity contribution in [3.63, 3.8) is 0 Å². The molecule has 0 atom stereocenters. The topological polar surface area (TPSA) is 88.6 Å². The number of carbonyl (C=O) groups excluding carboxylic acids is 1. The number of furan rings is 1. The van der Waals surface area contributed by atoms with Crippen LogP contribution in [0.3, 0.4) is 0 Å². The first kappa shape index (κ1) is 20.3. The molecule has 0 bridgehead atoms. The number of halogens is 1. The minimum atomic E-state index is -0.137. The smallest absolute Gasteiger partial charge is 0.322 e. The molecule has 0 radical (unpaired) electrons. The standard InChI is InChI=1S/C23H21ClN6O2/c24-17-3-5-18(6-4-17)27-23(31)29-11-9-16(10-12-29)20-14-25-21(30-15-26-28-22(20)30)8-7-19-2-1-13-32-19/h1-6,9,13-15H,7-8,10-12H2,(H,27,31). The van der Waals surface area contributed by atoms with Crippen LogP contribution in [-0.4, -0.2) is 43.6 Å². The van der Waals surface area contributed by atoms with Crippen LogP contribution >= 0.6 is 11.6 Å². The van der Waals surface area contributed by atoms with Crippen molar-refractivity contribution < 1.29 is 9.21 Å². The summed E-state index contributed by atoms with van der Waals surface area (Å²) >= 11 is 5.90. The average molecular weight is 449 g/mol. The molecule has 0 aliphatic carbocycles. The zero-order valence-electron chi connectivity index (χ0n) is 17.2. The van der Waals surface area contributed by atoms with Gasteiger partial charge in [0.1, 0.15) is 17.9 Å². The quantitative estimate of drug-likeness (QED) is 0.486. The zero-order valence-corrected chi connectivity index (χ0v) is 18.0. The summed E-state index contributed by atoms with van der Waals surface area (Å²) in [6, 6.07) is 10.8. The number of aryl methyl sites for hydroxylation is 2. The number of rotatable bonds is 5. The summed E-state index contributed by atoms with van der Waals surface area (Å²) in [7, 11) is 0. The van der Waals surface area contributed by atoms with Gasteiger partial charge in [0, 0.05) is 48.4 Å². The molecule has 1 aliphatic heterocycles. The lowest BCUT2D eigenvalue weighted by molar-refractivity contribution is 0.217. The predicted octanol–water partition coefficient (Wildman–Crippen LogP) is 4.48. The van der Waals surface area contributed by atoms with E-state index in [1.54, 1.807) is 41.8 Å². The molecule has 1 aromatic carbocycles. The molecule has 5 rings (SSSR count). The number of urea groups is 1. The fourth-order valence-electron chi connectivity index (χ4n) is 3.80. The van der Waals surface area contributed by atoms with Crippen LogP contribution < -0.4 is 5.32 Å². The molecule has 0 saturated heterocycles. The Morgan fingerprint density at radius 1 is 1.19 bits per heavy atom. The number of hydrogen-bond acceptors (Lipinski definition) is 5. The van der Waals surface area contributed by atoms with Gasteiger partial charge >= 0.3 is 6.03 Å². The van der Waals surface area contributed by atoms with Gasteiger partial charge in [0.05, 0.1) is 6.26 Å². The normalized spacial score (nSPS) is 13.9. The van der Waals surface area contributed by atoms with E-state index in [1.807, 2.05) is 22.7 Å². The Balaban J connectivity index is 1.29. The Morgan fingerprint density at radius 2 is 2.06 bits per heavy atom. The van der Waals surface area contributed by atoms with Crippen molar-refractivity contribution >= 4 is 34.5 Å². The monoisotopic (exact) mass is 448 g/mol. The van der Waals surface area contributed by atoms with E-state index >= 15 is 0 Å². The highest BCUT2D eigenvalue weighted by atomic mass is 35.5. The number of carbonyl (C=O) groups is 1. The van der Waals surface area contributed by atoms with Crippen LogP contribution in [0.25, 0.3) is 11.2 Å². The van der Waals surface area contributed by atoms with Crippen molar-refractivity contribution in [1.29, 1.82) is 0 Å². The van der Waals surface area contributed by atoms with Gasteiger partial charge in [-0.1, -0.05) is 17.7 Å².